The van der Waals surface area contributed by atoms with Crippen LogP contribution in [-0.2, 0) is 17.8 Å². The smallest absolute Gasteiger partial charge is 0.276 e. The van der Waals surface area contributed by atoms with Gasteiger partial charge in [-0.15, -0.1) is 0 Å². The summed E-state index contributed by atoms with van der Waals surface area (Å²) in [5, 5.41) is 7.98. The first kappa shape index (κ1) is 20.9. The second-order valence-corrected chi connectivity index (χ2v) is 8.00. The SMILES string of the molecule is Cc1ccc(-c2cc3c(=O)n(CCNC(=O)Cc4ccccc4Cl)ccn3n2)c(C)c1. The zero-order chi connectivity index (χ0) is 22.0. The number of fused-ring (bicyclic) bond motifs is 1. The maximum Gasteiger partial charge on any atom is 0.276 e. The van der Waals surface area contributed by atoms with Gasteiger partial charge in [-0.05, 0) is 37.1 Å². The number of carbonyl (C=O) groups excluding carboxylic acids is 1. The van der Waals surface area contributed by atoms with Gasteiger partial charge in [-0.3, -0.25) is 9.59 Å². The van der Waals surface area contributed by atoms with Gasteiger partial charge in [0, 0.05) is 36.1 Å². The molecule has 2 aromatic heterocycles. The van der Waals surface area contributed by atoms with Crippen molar-refractivity contribution in [1.82, 2.24) is 19.5 Å². The van der Waals surface area contributed by atoms with Gasteiger partial charge in [-0.1, -0.05) is 53.6 Å². The second kappa shape index (κ2) is 8.78. The van der Waals surface area contributed by atoms with Gasteiger partial charge >= 0.3 is 0 Å². The van der Waals surface area contributed by atoms with Crippen molar-refractivity contribution in [2.24, 2.45) is 0 Å². The number of hydrogen-bond acceptors (Lipinski definition) is 3. The number of benzene rings is 2. The lowest BCUT2D eigenvalue weighted by Crippen LogP contribution is -2.32. The predicted molar refractivity (Wildman–Crippen MR) is 123 cm³/mol. The van der Waals surface area contributed by atoms with E-state index in [0.717, 1.165) is 22.4 Å². The van der Waals surface area contributed by atoms with Crippen molar-refractivity contribution in [3.05, 3.63) is 93.0 Å². The summed E-state index contributed by atoms with van der Waals surface area (Å²) in [5.41, 5.74) is 5.20. The largest absolute Gasteiger partial charge is 0.354 e. The fraction of sp³-hybridized carbons (Fsp3) is 0.208. The van der Waals surface area contributed by atoms with E-state index in [4.69, 9.17) is 11.6 Å². The summed E-state index contributed by atoms with van der Waals surface area (Å²) in [6, 6.07) is 15.2. The van der Waals surface area contributed by atoms with E-state index < -0.39 is 0 Å². The third-order valence-electron chi connectivity index (χ3n) is 5.25. The molecule has 0 fully saturated rings. The topological polar surface area (TPSA) is 68.4 Å². The monoisotopic (exact) mass is 434 g/mol. The minimum absolute atomic E-state index is 0.135. The lowest BCUT2D eigenvalue weighted by Gasteiger charge is -2.08. The van der Waals surface area contributed by atoms with E-state index in [1.807, 2.05) is 50.2 Å². The molecule has 31 heavy (non-hydrogen) atoms. The Morgan fingerprint density at radius 3 is 2.68 bits per heavy atom. The predicted octanol–water partition coefficient (Wildman–Crippen LogP) is 3.79. The number of nitrogens with one attached hydrogen (secondary N) is 1. The van der Waals surface area contributed by atoms with E-state index in [2.05, 4.69) is 16.5 Å². The number of aromatic nitrogens is 3. The summed E-state index contributed by atoms with van der Waals surface area (Å²) >= 11 is 6.10. The van der Waals surface area contributed by atoms with Crippen LogP contribution in [0.2, 0.25) is 5.02 Å². The van der Waals surface area contributed by atoms with Crippen LogP contribution in [0, 0.1) is 13.8 Å². The normalized spacial score (nSPS) is 11.1. The minimum atomic E-state index is -0.147. The first-order chi connectivity index (χ1) is 14.9. The Balaban J connectivity index is 1.46. The highest BCUT2D eigenvalue weighted by Gasteiger charge is 2.11. The van der Waals surface area contributed by atoms with Crippen LogP contribution in [0.3, 0.4) is 0 Å². The second-order valence-electron chi connectivity index (χ2n) is 7.59. The quantitative estimate of drug-likeness (QED) is 0.502. The molecule has 0 aliphatic heterocycles. The lowest BCUT2D eigenvalue weighted by atomic mass is 10.0. The van der Waals surface area contributed by atoms with E-state index in [1.54, 1.807) is 27.5 Å². The van der Waals surface area contributed by atoms with Crippen LogP contribution in [0.5, 0.6) is 0 Å². The van der Waals surface area contributed by atoms with Gasteiger partial charge in [0.25, 0.3) is 5.56 Å². The van der Waals surface area contributed by atoms with Crippen LogP contribution in [0.1, 0.15) is 16.7 Å². The van der Waals surface area contributed by atoms with Crippen LogP contribution in [0.4, 0.5) is 0 Å². The molecule has 4 aromatic rings. The molecule has 0 aliphatic rings. The van der Waals surface area contributed by atoms with Crippen LogP contribution in [0.15, 0.2) is 65.7 Å². The Morgan fingerprint density at radius 2 is 1.90 bits per heavy atom. The van der Waals surface area contributed by atoms with Crippen molar-refractivity contribution in [2.75, 3.05) is 6.54 Å². The first-order valence-corrected chi connectivity index (χ1v) is 10.5. The van der Waals surface area contributed by atoms with E-state index >= 15 is 0 Å². The summed E-state index contributed by atoms with van der Waals surface area (Å²) in [6.45, 7) is 4.80. The van der Waals surface area contributed by atoms with E-state index in [9.17, 15) is 9.59 Å². The Morgan fingerprint density at radius 1 is 1.10 bits per heavy atom. The molecule has 0 saturated heterocycles. The number of nitrogens with zero attached hydrogens (tertiary/aromatic N) is 3. The van der Waals surface area contributed by atoms with Crippen LogP contribution in [0.25, 0.3) is 16.8 Å². The summed E-state index contributed by atoms with van der Waals surface area (Å²) < 4.78 is 3.18. The number of carbonyl (C=O) groups is 1. The number of hydrogen-bond donors (Lipinski definition) is 1. The van der Waals surface area contributed by atoms with Crippen molar-refractivity contribution >= 4 is 23.0 Å². The summed E-state index contributed by atoms with van der Waals surface area (Å²) in [5.74, 6) is -0.135. The fourth-order valence-corrected chi connectivity index (χ4v) is 3.83. The van der Waals surface area contributed by atoms with Gasteiger partial charge in [0.15, 0.2) is 0 Å². The molecule has 0 bridgehead atoms. The molecule has 0 saturated carbocycles. The standard InChI is InChI=1S/C24H23ClN4O2/c1-16-7-8-19(17(2)13-16)21-15-22-24(31)28(11-12-29(22)27-21)10-9-26-23(30)14-18-5-3-4-6-20(18)25/h3-8,11-13,15H,9-10,14H2,1-2H3,(H,26,30). The molecule has 158 valence electrons. The third kappa shape index (κ3) is 4.54. The van der Waals surface area contributed by atoms with E-state index in [0.29, 0.717) is 23.6 Å². The van der Waals surface area contributed by atoms with Crippen molar-refractivity contribution in [3.8, 4) is 11.3 Å². The minimum Gasteiger partial charge on any atom is -0.354 e. The Labute approximate surface area is 185 Å². The van der Waals surface area contributed by atoms with Gasteiger partial charge in [-0.25, -0.2) is 4.52 Å². The lowest BCUT2D eigenvalue weighted by molar-refractivity contribution is -0.120. The highest BCUT2D eigenvalue weighted by molar-refractivity contribution is 6.31. The van der Waals surface area contributed by atoms with Gasteiger partial charge in [-0.2, -0.15) is 5.10 Å². The highest BCUT2D eigenvalue weighted by Crippen LogP contribution is 2.23. The van der Waals surface area contributed by atoms with E-state index in [-0.39, 0.29) is 17.9 Å². The average molecular weight is 435 g/mol. The zero-order valence-corrected chi connectivity index (χ0v) is 18.2. The van der Waals surface area contributed by atoms with Gasteiger partial charge in [0.2, 0.25) is 5.91 Å². The van der Waals surface area contributed by atoms with Crippen LogP contribution in [-0.4, -0.2) is 26.6 Å². The van der Waals surface area contributed by atoms with Crippen molar-refractivity contribution in [1.29, 1.82) is 0 Å². The fourth-order valence-electron chi connectivity index (χ4n) is 3.63. The zero-order valence-electron chi connectivity index (χ0n) is 17.4. The first-order valence-electron chi connectivity index (χ1n) is 10.1. The molecule has 7 heteroatoms. The Hall–Kier alpha value is -3.38. The van der Waals surface area contributed by atoms with Crippen molar-refractivity contribution < 1.29 is 4.79 Å². The molecule has 0 aliphatic carbocycles. The average Bonchev–Trinajstić information content (AvgIpc) is 3.16. The van der Waals surface area contributed by atoms with Gasteiger partial charge in [0.1, 0.15) is 5.52 Å². The van der Waals surface area contributed by atoms with Crippen molar-refractivity contribution in [2.45, 2.75) is 26.8 Å². The highest BCUT2D eigenvalue weighted by atomic mass is 35.5. The van der Waals surface area contributed by atoms with Gasteiger partial charge in [0.05, 0.1) is 12.1 Å². The maximum atomic E-state index is 12.9. The Bertz CT molecular complexity index is 1320. The molecule has 2 aromatic carbocycles. The van der Waals surface area contributed by atoms with E-state index in [1.165, 1.54) is 5.56 Å². The van der Waals surface area contributed by atoms with Crippen LogP contribution < -0.4 is 10.9 Å². The molecule has 0 spiro atoms. The molecular formula is C24H23ClN4O2. The van der Waals surface area contributed by atoms with Gasteiger partial charge < -0.3 is 9.88 Å². The molecular weight excluding hydrogens is 412 g/mol. The Kier molecular flexibility index (Phi) is 5.91. The summed E-state index contributed by atoms with van der Waals surface area (Å²) in [4.78, 5) is 25.1. The molecule has 0 unspecified atom stereocenters. The molecule has 2 heterocycles. The summed E-state index contributed by atoms with van der Waals surface area (Å²) in [7, 11) is 0. The van der Waals surface area contributed by atoms with Crippen LogP contribution >= 0.6 is 11.6 Å². The maximum absolute atomic E-state index is 12.9. The number of amides is 1. The molecule has 6 nitrogen and oxygen atoms in total. The number of aryl methyl sites for hydroxylation is 2. The summed E-state index contributed by atoms with van der Waals surface area (Å²) in [6.07, 6.45) is 3.65. The molecule has 1 N–H and O–H groups in total. The molecule has 1 amide bonds. The van der Waals surface area contributed by atoms with Crippen molar-refractivity contribution in [3.63, 3.8) is 0 Å². The third-order valence-corrected chi connectivity index (χ3v) is 5.61. The number of halogens is 1. The molecule has 4 rings (SSSR count). The molecule has 0 atom stereocenters. The molecule has 0 radical (unpaired) electrons. The number of rotatable bonds is 6.